The first-order valence-corrected chi connectivity index (χ1v) is 13.0. The Balaban J connectivity index is 1.63. The van der Waals surface area contributed by atoms with Crippen molar-refractivity contribution in [1.29, 1.82) is 0 Å². The molecule has 0 aromatic heterocycles. The van der Waals surface area contributed by atoms with E-state index < -0.39 is 10.0 Å². The number of nitrogens with one attached hydrogen (secondary N) is 1. The number of anilines is 2. The van der Waals surface area contributed by atoms with Crippen molar-refractivity contribution >= 4 is 39.1 Å². The molecule has 0 spiro atoms. The molecule has 0 fully saturated rings. The van der Waals surface area contributed by atoms with E-state index in [0.29, 0.717) is 35.0 Å². The largest absolute Gasteiger partial charge is 0.497 e. The first kappa shape index (κ1) is 25.5. The van der Waals surface area contributed by atoms with Crippen LogP contribution in [0.15, 0.2) is 76.5 Å². The highest BCUT2D eigenvalue weighted by atomic mass is 32.2. The Hall–Kier alpha value is -3.17. The SMILES string of the molecule is COc1ccc(OC)c(N(C)S(=O)(=O)c2ccc(NC(=O)CCSc3ccc(C)cc3)cc2)c1. The number of methoxy groups -OCH3 is 2. The lowest BCUT2D eigenvalue weighted by Crippen LogP contribution is -2.27. The van der Waals surface area contributed by atoms with Crippen LogP contribution in [0.5, 0.6) is 11.5 Å². The number of benzene rings is 3. The van der Waals surface area contributed by atoms with E-state index in [2.05, 4.69) is 5.32 Å². The maximum Gasteiger partial charge on any atom is 0.264 e. The monoisotopic (exact) mass is 500 g/mol. The third-order valence-electron chi connectivity index (χ3n) is 5.14. The van der Waals surface area contributed by atoms with Crippen LogP contribution in [-0.2, 0) is 14.8 Å². The molecule has 0 saturated carbocycles. The Morgan fingerprint density at radius 1 is 0.971 bits per heavy atom. The van der Waals surface area contributed by atoms with Crippen LogP contribution in [0.2, 0.25) is 0 Å². The van der Waals surface area contributed by atoms with E-state index in [1.807, 2.05) is 31.2 Å². The molecule has 7 nitrogen and oxygen atoms in total. The number of sulfonamides is 1. The summed E-state index contributed by atoms with van der Waals surface area (Å²) in [6.07, 6.45) is 0.344. The number of aryl methyl sites for hydroxylation is 1. The van der Waals surface area contributed by atoms with Crippen LogP contribution >= 0.6 is 11.8 Å². The summed E-state index contributed by atoms with van der Waals surface area (Å²) in [6, 6.07) is 19.2. The molecule has 34 heavy (non-hydrogen) atoms. The second kappa shape index (κ2) is 11.3. The first-order valence-electron chi connectivity index (χ1n) is 10.5. The molecule has 0 aliphatic carbocycles. The van der Waals surface area contributed by atoms with Gasteiger partial charge in [-0.3, -0.25) is 9.10 Å². The van der Waals surface area contributed by atoms with Crippen molar-refractivity contribution in [3.05, 3.63) is 72.3 Å². The van der Waals surface area contributed by atoms with Crippen LogP contribution in [0.3, 0.4) is 0 Å². The van der Waals surface area contributed by atoms with E-state index in [1.54, 1.807) is 42.1 Å². The Morgan fingerprint density at radius 2 is 1.65 bits per heavy atom. The van der Waals surface area contributed by atoms with Gasteiger partial charge in [-0.1, -0.05) is 17.7 Å². The number of ether oxygens (including phenoxy) is 2. The summed E-state index contributed by atoms with van der Waals surface area (Å²) in [5.41, 5.74) is 2.08. The fraction of sp³-hybridized carbons (Fsp3) is 0.240. The molecule has 0 atom stereocenters. The van der Waals surface area contributed by atoms with Crippen LogP contribution in [0.25, 0.3) is 0 Å². The summed E-state index contributed by atoms with van der Waals surface area (Å²) >= 11 is 1.62. The van der Waals surface area contributed by atoms with E-state index in [1.165, 1.54) is 39.0 Å². The van der Waals surface area contributed by atoms with E-state index in [9.17, 15) is 13.2 Å². The Labute approximate surface area is 205 Å². The zero-order valence-corrected chi connectivity index (χ0v) is 21.2. The molecule has 1 N–H and O–H groups in total. The Kier molecular flexibility index (Phi) is 8.46. The predicted octanol–water partition coefficient (Wildman–Crippen LogP) is 4.96. The molecular formula is C25H28N2O5S2. The second-order valence-electron chi connectivity index (χ2n) is 7.49. The summed E-state index contributed by atoms with van der Waals surface area (Å²) < 4.78 is 38.0. The van der Waals surface area contributed by atoms with Gasteiger partial charge in [0.1, 0.15) is 11.5 Å². The second-order valence-corrected chi connectivity index (χ2v) is 10.6. The summed E-state index contributed by atoms with van der Waals surface area (Å²) in [5, 5.41) is 2.81. The molecule has 0 bridgehead atoms. The maximum atomic E-state index is 13.2. The van der Waals surface area contributed by atoms with Crippen molar-refractivity contribution < 1.29 is 22.7 Å². The number of hydrogen-bond acceptors (Lipinski definition) is 6. The van der Waals surface area contributed by atoms with Gasteiger partial charge < -0.3 is 14.8 Å². The highest BCUT2D eigenvalue weighted by molar-refractivity contribution is 7.99. The fourth-order valence-electron chi connectivity index (χ4n) is 3.16. The smallest absolute Gasteiger partial charge is 0.264 e. The average molecular weight is 501 g/mol. The van der Waals surface area contributed by atoms with Gasteiger partial charge in [0.05, 0.1) is 24.8 Å². The summed E-state index contributed by atoms with van der Waals surface area (Å²) in [7, 11) is 0.574. The molecule has 0 aliphatic rings. The minimum absolute atomic E-state index is 0.0906. The van der Waals surface area contributed by atoms with Crippen molar-refractivity contribution in [2.24, 2.45) is 0 Å². The number of amides is 1. The van der Waals surface area contributed by atoms with Crippen molar-refractivity contribution in [2.45, 2.75) is 23.1 Å². The Bertz CT molecular complexity index is 1230. The molecule has 0 saturated heterocycles. The van der Waals surface area contributed by atoms with Gasteiger partial charge in [-0.05, 0) is 55.5 Å². The van der Waals surface area contributed by atoms with Crippen molar-refractivity contribution in [2.75, 3.05) is 36.6 Å². The molecule has 0 radical (unpaired) electrons. The zero-order valence-electron chi connectivity index (χ0n) is 19.6. The number of nitrogens with zero attached hydrogens (tertiary/aromatic N) is 1. The van der Waals surface area contributed by atoms with Gasteiger partial charge in [-0.2, -0.15) is 0 Å². The minimum atomic E-state index is -3.86. The number of carbonyl (C=O) groups excluding carboxylic acids is 1. The molecule has 0 heterocycles. The minimum Gasteiger partial charge on any atom is -0.497 e. The fourth-order valence-corrected chi connectivity index (χ4v) is 5.21. The molecule has 0 unspecified atom stereocenters. The lowest BCUT2D eigenvalue weighted by Gasteiger charge is -2.22. The molecule has 3 rings (SSSR count). The molecule has 9 heteroatoms. The number of hydrogen-bond donors (Lipinski definition) is 1. The molecule has 3 aromatic carbocycles. The van der Waals surface area contributed by atoms with Crippen LogP contribution in [0, 0.1) is 6.92 Å². The third-order valence-corrected chi connectivity index (χ3v) is 7.94. The third kappa shape index (κ3) is 6.24. The van der Waals surface area contributed by atoms with Crippen LogP contribution < -0.4 is 19.1 Å². The average Bonchev–Trinajstić information content (AvgIpc) is 2.84. The van der Waals surface area contributed by atoms with Crippen LogP contribution in [0.4, 0.5) is 11.4 Å². The first-order chi connectivity index (χ1) is 16.2. The van der Waals surface area contributed by atoms with Crippen molar-refractivity contribution in [3.63, 3.8) is 0 Å². The summed E-state index contributed by atoms with van der Waals surface area (Å²) in [5.74, 6) is 1.43. The summed E-state index contributed by atoms with van der Waals surface area (Å²) in [4.78, 5) is 13.5. The van der Waals surface area contributed by atoms with Crippen LogP contribution in [0.1, 0.15) is 12.0 Å². The maximum absolute atomic E-state index is 13.2. The van der Waals surface area contributed by atoms with Gasteiger partial charge >= 0.3 is 0 Å². The van der Waals surface area contributed by atoms with Gasteiger partial charge in [-0.25, -0.2) is 8.42 Å². The highest BCUT2D eigenvalue weighted by Crippen LogP contribution is 2.34. The Morgan fingerprint density at radius 3 is 2.26 bits per heavy atom. The van der Waals surface area contributed by atoms with Crippen LogP contribution in [-0.4, -0.2) is 41.3 Å². The lowest BCUT2D eigenvalue weighted by molar-refractivity contribution is -0.115. The number of rotatable bonds is 10. The van der Waals surface area contributed by atoms with Gasteiger partial charge in [0.25, 0.3) is 10.0 Å². The normalized spacial score (nSPS) is 11.1. The predicted molar refractivity (Wildman–Crippen MR) is 137 cm³/mol. The topological polar surface area (TPSA) is 84.9 Å². The number of thioether (sulfide) groups is 1. The molecule has 1 amide bonds. The lowest BCUT2D eigenvalue weighted by atomic mass is 10.2. The van der Waals surface area contributed by atoms with Gasteiger partial charge in [0.2, 0.25) is 5.91 Å². The highest BCUT2D eigenvalue weighted by Gasteiger charge is 2.24. The van der Waals surface area contributed by atoms with Gasteiger partial charge in [0.15, 0.2) is 0 Å². The molecule has 180 valence electrons. The van der Waals surface area contributed by atoms with Crippen molar-refractivity contribution in [3.8, 4) is 11.5 Å². The number of carbonyl (C=O) groups is 1. The van der Waals surface area contributed by atoms with E-state index >= 15 is 0 Å². The summed E-state index contributed by atoms with van der Waals surface area (Å²) in [6.45, 7) is 2.03. The molecule has 0 aliphatic heterocycles. The standard InChI is InChI=1S/C25H28N2O5S2/c1-18-5-10-21(11-6-18)33-16-15-25(28)26-19-7-12-22(13-8-19)34(29,30)27(2)23-17-20(31-3)9-14-24(23)32-4/h5-14,17H,15-16H2,1-4H3,(H,26,28). The zero-order chi connectivity index (χ0) is 24.7. The van der Waals surface area contributed by atoms with E-state index in [-0.39, 0.29) is 10.8 Å². The molecular weight excluding hydrogens is 472 g/mol. The van der Waals surface area contributed by atoms with Gasteiger partial charge in [0, 0.05) is 35.9 Å². The van der Waals surface area contributed by atoms with Gasteiger partial charge in [-0.15, -0.1) is 11.8 Å². The molecule has 3 aromatic rings. The quantitative estimate of drug-likeness (QED) is 0.396. The van der Waals surface area contributed by atoms with E-state index in [0.717, 1.165) is 9.20 Å². The van der Waals surface area contributed by atoms with E-state index in [4.69, 9.17) is 9.47 Å². The van der Waals surface area contributed by atoms with Crippen molar-refractivity contribution in [1.82, 2.24) is 0 Å².